The molecular formula is C32H38BrN3O4S. The number of anilines is 1. The highest BCUT2D eigenvalue weighted by molar-refractivity contribution is 9.10. The van der Waals surface area contributed by atoms with Crippen molar-refractivity contribution in [1.29, 1.82) is 0 Å². The Balaban J connectivity index is 1.72. The average Bonchev–Trinajstić information content (AvgIpc) is 2.95. The molecule has 7 nitrogen and oxygen atoms in total. The van der Waals surface area contributed by atoms with Crippen LogP contribution in [0, 0.1) is 6.92 Å². The average molecular weight is 641 g/mol. The van der Waals surface area contributed by atoms with Crippen LogP contribution in [0.2, 0.25) is 0 Å². The Morgan fingerprint density at radius 3 is 2.17 bits per heavy atom. The second-order valence-electron chi connectivity index (χ2n) is 10.8. The van der Waals surface area contributed by atoms with Crippen molar-refractivity contribution in [2.24, 2.45) is 0 Å². The minimum Gasteiger partial charge on any atom is -0.352 e. The van der Waals surface area contributed by atoms with Crippen molar-refractivity contribution >= 4 is 43.5 Å². The number of hydrogen-bond donors (Lipinski definition) is 1. The van der Waals surface area contributed by atoms with Crippen molar-refractivity contribution in [3.8, 4) is 0 Å². The van der Waals surface area contributed by atoms with Crippen molar-refractivity contribution in [3.05, 3.63) is 100 Å². The van der Waals surface area contributed by atoms with E-state index in [1.54, 1.807) is 29.2 Å². The first kappa shape index (κ1) is 30.8. The standard InChI is InChI=1S/C32H38BrN3O4S/c1-24-17-19-26(20-18-24)22-35(31(37)23-36(41(2,39)40)29-16-10-9-15-28(29)33)30(21-25-11-5-3-6-12-25)32(38)34-27-13-7-4-8-14-27/h3,5-6,9-12,15-20,27,30H,4,7-8,13-14,21-23H2,1-2H3,(H,34,38)/t30-/m0/s1. The number of para-hydroxylation sites is 1. The summed E-state index contributed by atoms with van der Waals surface area (Å²) in [6.07, 6.45) is 6.52. The lowest BCUT2D eigenvalue weighted by Crippen LogP contribution is -2.55. The fourth-order valence-corrected chi connectivity index (χ4v) is 6.71. The second kappa shape index (κ2) is 14.1. The molecule has 0 heterocycles. The summed E-state index contributed by atoms with van der Waals surface area (Å²) in [4.78, 5) is 29.7. The molecule has 0 aromatic heterocycles. The summed E-state index contributed by atoms with van der Waals surface area (Å²) in [6, 6.07) is 23.6. The molecule has 2 amide bonds. The van der Waals surface area contributed by atoms with Gasteiger partial charge in [-0.1, -0.05) is 91.6 Å². The molecule has 41 heavy (non-hydrogen) atoms. The normalized spacial score (nSPS) is 14.7. The first-order chi connectivity index (χ1) is 19.6. The van der Waals surface area contributed by atoms with E-state index in [-0.39, 0.29) is 18.5 Å². The highest BCUT2D eigenvalue weighted by atomic mass is 79.9. The molecule has 0 spiro atoms. The Labute approximate surface area is 252 Å². The van der Waals surface area contributed by atoms with Crippen molar-refractivity contribution in [2.45, 2.75) is 64.1 Å². The first-order valence-corrected chi connectivity index (χ1v) is 16.7. The topological polar surface area (TPSA) is 86.8 Å². The fourth-order valence-electron chi connectivity index (χ4n) is 5.24. The second-order valence-corrected chi connectivity index (χ2v) is 13.5. The zero-order valence-corrected chi connectivity index (χ0v) is 26.0. The van der Waals surface area contributed by atoms with Crippen LogP contribution in [0.4, 0.5) is 5.69 Å². The van der Waals surface area contributed by atoms with Crippen LogP contribution in [0.25, 0.3) is 0 Å². The van der Waals surface area contributed by atoms with Crippen LogP contribution in [0.15, 0.2) is 83.3 Å². The van der Waals surface area contributed by atoms with Gasteiger partial charge in [-0.15, -0.1) is 0 Å². The number of hydrogen-bond acceptors (Lipinski definition) is 4. The summed E-state index contributed by atoms with van der Waals surface area (Å²) in [5, 5.41) is 3.22. The first-order valence-electron chi connectivity index (χ1n) is 14.0. The van der Waals surface area contributed by atoms with E-state index < -0.39 is 28.5 Å². The lowest BCUT2D eigenvalue weighted by molar-refractivity contribution is -0.140. The van der Waals surface area contributed by atoms with Crippen LogP contribution in [0.5, 0.6) is 0 Å². The molecule has 218 valence electrons. The lowest BCUT2D eigenvalue weighted by atomic mass is 9.94. The van der Waals surface area contributed by atoms with E-state index in [0.29, 0.717) is 16.6 Å². The number of amides is 2. The van der Waals surface area contributed by atoms with Crippen LogP contribution in [0.3, 0.4) is 0 Å². The lowest BCUT2D eigenvalue weighted by Gasteiger charge is -2.35. The van der Waals surface area contributed by atoms with Crippen LogP contribution >= 0.6 is 15.9 Å². The molecule has 3 aromatic rings. The number of carbonyl (C=O) groups excluding carboxylic acids is 2. The number of rotatable bonds is 11. The van der Waals surface area contributed by atoms with Gasteiger partial charge in [0, 0.05) is 23.5 Å². The van der Waals surface area contributed by atoms with Gasteiger partial charge in [-0.3, -0.25) is 13.9 Å². The summed E-state index contributed by atoms with van der Waals surface area (Å²) in [5.41, 5.74) is 3.23. The van der Waals surface area contributed by atoms with E-state index in [2.05, 4.69) is 21.2 Å². The van der Waals surface area contributed by atoms with Gasteiger partial charge in [0.15, 0.2) is 0 Å². The number of nitrogens with zero attached hydrogens (tertiary/aromatic N) is 2. The number of halogens is 1. The van der Waals surface area contributed by atoms with E-state index in [4.69, 9.17) is 0 Å². The molecular weight excluding hydrogens is 602 g/mol. The third kappa shape index (κ3) is 8.66. The maximum atomic E-state index is 14.2. The van der Waals surface area contributed by atoms with Gasteiger partial charge in [0.25, 0.3) is 0 Å². The Hall–Kier alpha value is -3.17. The van der Waals surface area contributed by atoms with Crippen molar-refractivity contribution < 1.29 is 18.0 Å². The van der Waals surface area contributed by atoms with Gasteiger partial charge in [0.1, 0.15) is 12.6 Å². The highest BCUT2D eigenvalue weighted by Crippen LogP contribution is 2.28. The molecule has 3 aromatic carbocycles. The maximum absolute atomic E-state index is 14.2. The molecule has 0 radical (unpaired) electrons. The van der Waals surface area contributed by atoms with Gasteiger partial charge in [0.05, 0.1) is 11.9 Å². The van der Waals surface area contributed by atoms with Gasteiger partial charge < -0.3 is 10.2 Å². The number of carbonyl (C=O) groups is 2. The van der Waals surface area contributed by atoms with E-state index in [1.807, 2.05) is 61.5 Å². The van der Waals surface area contributed by atoms with Crippen molar-refractivity contribution in [3.63, 3.8) is 0 Å². The Morgan fingerprint density at radius 1 is 0.902 bits per heavy atom. The summed E-state index contributed by atoms with van der Waals surface area (Å²) in [5.74, 6) is -0.667. The minimum absolute atomic E-state index is 0.0682. The molecule has 0 unspecified atom stereocenters. The minimum atomic E-state index is -3.82. The quantitative estimate of drug-likeness (QED) is 0.295. The molecule has 1 saturated carbocycles. The third-order valence-corrected chi connectivity index (χ3v) is 9.29. The smallest absolute Gasteiger partial charge is 0.244 e. The van der Waals surface area contributed by atoms with Crippen molar-refractivity contribution in [1.82, 2.24) is 10.2 Å². The molecule has 1 N–H and O–H groups in total. The summed E-state index contributed by atoms with van der Waals surface area (Å²) >= 11 is 3.43. The van der Waals surface area contributed by atoms with Gasteiger partial charge in [0.2, 0.25) is 21.8 Å². The predicted octanol–water partition coefficient (Wildman–Crippen LogP) is 5.61. The van der Waals surface area contributed by atoms with E-state index in [0.717, 1.165) is 59.4 Å². The molecule has 0 saturated heterocycles. The zero-order chi connectivity index (χ0) is 29.4. The molecule has 0 aliphatic heterocycles. The summed E-state index contributed by atoms with van der Waals surface area (Å²) < 4.78 is 27.6. The molecule has 1 fully saturated rings. The van der Waals surface area contributed by atoms with Gasteiger partial charge in [-0.25, -0.2) is 8.42 Å². The molecule has 9 heteroatoms. The molecule has 0 bridgehead atoms. The fraction of sp³-hybridized carbons (Fsp3) is 0.375. The summed E-state index contributed by atoms with van der Waals surface area (Å²) in [6.45, 7) is 1.72. The van der Waals surface area contributed by atoms with Gasteiger partial charge >= 0.3 is 0 Å². The van der Waals surface area contributed by atoms with E-state index in [1.165, 1.54) is 0 Å². The Bertz CT molecular complexity index is 1420. The third-order valence-electron chi connectivity index (χ3n) is 7.50. The SMILES string of the molecule is Cc1ccc(CN(C(=O)CN(c2ccccc2Br)S(C)(=O)=O)[C@@H](Cc2ccccc2)C(=O)NC2CCCCC2)cc1. The van der Waals surface area contributed by atoms with E-state index >= 15 is 0 Å². The summed E-state index contributed by atoms with van der Waals surface area (Å²) in [7, 11) is -3.82. The highest BCUT2D eigenvalue weighted by Gasteiger charge is 2.34. The number of sulfonamides is 1. The zero-order valence-electron chi connectivity index (χ0n) is 23.6. The van der Waals surface area contributed by atoms with Crippen LogP contribution in [-0.4, -0.2) is 50.0 Å². The predicted molar refractivity (Wildman–Crippen MR) is 167 cm³/mol. The van der Waals surface area contributed by atoms with E-state index in [9.17, 15) is 18.0 Å². The number of nitrogens with one attached hydrogen (secondary N) is 1. The molecule has 1 aliphatic carbocycles. The number of benzene rings is 3. The monoisotopic (exact) mass is 639 g/mol. The molecule has 1 atom stereocenters. The Morgan fingerprint density at radius 2 is 1.54 bits per heavy atom. The Kier molecular flexibility index (Phi) is 10.6. The largest absolute Gasteiger partial charge is 0.352 e. The maximum Gasteiger partial charge on any atom is 0.244 e. The number of aryl methyl sites for hydroxylation is 1. The van der Waals surface area contributed by atoms with Gasteiger partial charge in [-0.05, 0) is 59.0 Å². The van der Waals surface area contributed by atoms with Crippen LogP contribution in [0.1, 0.15) is 48.8 Å². The van der Waals surface area contributed by atoms with Crippen LogP contribution in [-0.2, 0) is 32.6 Å². The van der Waals surface area contributed by atoms with Gasteiger partial charge in [-0.2, -0.15) is 0 Å². The van der Waals surface area contributed by atoms with Crippen LogP contribution < -0.4 is 9.62 Å². The molecule has 1 aliphatic rings. The van der Waals surface area contributed by atoms with Crippen molar-refractivity contribution in [2.75, 3.05) is 17.1 Å². The molecule has 4 rings (SSSR count).